The number of ether oxygens (including phenoxy) is 1. The molecule has 1 amide bonds. The number of carbonyl (C=O) groups excluding carboxylic acids is 2. The highest BCUT2D eigenvalue weighted by Crippen LogP contribution is 2.45. The van der Waals surface area contributed by atoms with Crippen LogP contribution in [0.4, 0.5) is 9.52 Å². The van der Waals surface area contributed by atoms with E-state index in [9.17, 15) is 19.1 Å². The summed E-state index contributed by atoms with van der Waals surface area (Å²) in [6.07, 6.45) is 0. The fraction of sp³-hybridized carbons (Fsp3) is 0.115. The normalized spacial score (nSPS) is 17.3. The molecule has 0 radical (unpaired) electrons. The number of ketones is 1. The number of rotatable bonds is 5. The van der Waals surface area contributed by atoms with Gasteiger partial charge in [0.2, 0.25) is 0 Å². The van der Waals surface area contributed by atoms with Crippen LogP contribution in [0.15, 0.2) is 76.8 Å². The standard InChI is InChI=1S/C26H18BrFN2O4S/c1-2-34-18-10-11-19-20(13-18)35-26(29-19)30-22(15-4-3-5-16(27)12-15)21(24(32)25(30)33)23(31)14-6-8-17(28)9-7-14/h3-13,22,31H,2H2,1H3/b23-21+. The van der Waals surface area contributed by atoms with Crippen LogP contribution in [0.3, 0.4) is 0 Å². The Bertz CT molecular complexity index is 1500. The Labute approximate surface area is 212 Å². The fourth-order valence-electron chi connectivity index (χ4n) is 4.04. The third-order valence-corrected chi connectivity index (χ3v) is 7.10. The molecule has 35 heavy (non-hydrogen) atoms. The molecular weight excluding hydrogens is 535 g/mol. The summed E-state index contributed by atoms with van der Waals surface area (Å²) in [6, 6.07) is 16.7. The van der Waals surface area contributed by atoms with Crippen molar-refractivity contribution in [3.63, 3.8) is 0 Å². The van der Waals surface area contributed by atoms with Crippen molar-refractivity contribution in [3.05, 3.63) is 93.7 Å². The Hall–Kier alpha value is -3.56. The third-order valence-electron chi connectivity index (χ3n) is 5.59. The number of anilines is 1. The molecular formula is C26H18BrFN2O4S. The van der Waals surface area contributed by atoms with Gasteiger partial charge in [0.25, 0.3) is 5.78 Å². The van der Waals surface area contributed by atoms with Gasteiger partial charge in [0.15, 0.2) is 5.13 Å². The minimum atomic E-state index is -0.926. The molecule has 1 fully saturated rings. The van der Waals surface area contributed by atoms with Gasteiger partial charge in [-0.1, -0.05) is 39.4 Å². The summed E-state index contributed by atoms with van der Waals surface area (Å²) in [7, 11) is 0. The van der Waals surface area contributed by atoms with E-state index in [1.165, 1.54) is 40.5 Å². The number of nitrogens with zero attached hydrogens (tertiary/aromatic N) is 2. The zero-order chi connectivity index (χ0) is 24.7. The van der Waals surface area contributed by atoms with Crippen molar-refractivity contribution < 1.29 is 23.8 Å². The molecule has 2 heterocycles. The molecule has 1 aliphatic heterocycles. The lowest BCUT2D eigenvalue weighted by atomic mass is 9.95. The lowest BCUT2D eigenvalue weighted by molar-refractivity contribution is -0.132. The number of thiazole rings is 1. The predicted octanol–water partition coefficient (Wildman–Crippen LogP) is 6.22. The van der Waals surface area contributed by atoms with Crippen molar-refractivity contribution in [3.8, 4) is 5.75 Å². The van der Waals surface area contributed by atoms with Gasteiger partial charge in [-0.3, -0.25) is 14.5 Å². The van der Waals surface area contributed by atoms with Gasteiger partial charge in [-0.25, -0.2) is 9.37 Å². The van der Waals surface area contributed by atoms with E-state index in [0.717, 1.165) is 9.17 Å². The Balaban J connectivity index is 1.70. The van der Waals surface area contributed by atoms with Crippen molar-refractivity contribution in [2.24, 2.45) is 0 Å². The van der Waals surface area contributed by atoms with Crippen LogP contribution in [0.5, 0.6) is 5.75 Å². The van der Waals surface area contributed by atoms with Crippen LogP contribution < -0.4 is 9.64 Å². The van der Waals surface area contributed by atoms with Crippen molar-refractivity contribution in [1.82, 2.24) is 4.98 Å². The fourth-order valence-corrected chi connectivity index (χ4v) is 5.48. The lowest BCUT2D eigenvalue weighted by Crippen LogP contribution is -2.29. The minimum Gasteiger partial charge on any atom is -0.507 e. The molecule has 0 saturated carbocycles. The van der Waals surface area contributed by atoms with Gasteiger partial charge in [-0.2, -0.15) is 0 Å². The molecule has 1 N–H and O–H groups in total. The molecule has 1 atom stereocenters. The first kappa shape index (κ1) is 23.2. The highest BCUT2D eigenvalue weighted by atomic mass is 79.9. The van der Waals surface area contributed by atoms with E-state index in [1.54, 1.807) is 30.3 Å². The molecule has 0 spiro atoms. The monoisotopic (exact) mass is 552 g/mol. The Kier molecular flexibility index (Phi) is 6.12. The van der Waals surface area contributed by atoms with Crippen molar-refractivity contribution in [2.45, 2.75) is 13.0 Å². The van der Waals surface area contributed by atoms with E-state index >= 15 is 0 Å². The zero-order valence-corrected chi connectivity index (χ0v) is 20.8. The molecule has 0 aliphatic carbocycles. The molecule has 3 aromatic carbocycles. The second-order valence-electron chi connectivity index (χ2n) is 7.79. The van der Waals surface area contributed by atoms with E-state index in [0.29, 0.717) is 28.6 Å². The number of amides is 1. The molecule has 176 valence electrons. The SMILES string of the molecule is CCOc1ccc2nc(N3C(=O)C(=O)/C(=C(/O)c4ccc(F)cc4)C3c3cccc(Br)c3)sc2c1. The molecule has 1 unspecified atom stereocenters. The summed E-state index contributed by atoms with van der Waals surface area (Å²) in [5.74, 6) is -1.83. The average molecular weight is 553 g/mol. The molecule has 5 rings (SSSR count). The molecule has 9 heteroatoms. The predicted molar refractivity (Wildman–Crippen MR) is 136 cm³/mol. The Morgan fingerprint density at radius 3 is 2.63 bits per heavy atom. The number of benzene rings is 3. The summed E-state index contributed by atoms with van der Waals surface area (Å²) < 4.78 is 20.6. The van der Waals surface area contributed by atoms with Gasteiger partial charge in [-0.15, -0.1) is 0 Å². The zero-order valence-electron chi connectivity index (χ0n) is 18.4. The van der Waals surface area contributed by atoms with Crippen LogP contribution >= 0.6 is 27.3 Å². The number of hydrogen-bond donors (Lipinski definition) is 1. The van der Waals surface area contributed by atoms with E-state index < -0.39 is 23.5 Å². The topological polar surface area (TPSA) is 79.7 Å². The van der Waals surface area contributed by atoms with E-state index in [2.05, 4.69) is 20.9 Å². The van der Waals surface area contributed by atoms with Gasteiger partial charge in [0, 0.05) is 10.0 Å². The van der Waals surface area contributed by atoms with E-state index in [1.807, 2.05) is 19.1 Å². The highest BCUT2D eigenvalue weighted by Gasteiger charge is 2.48. The van der Waals surface area contributed by atoms with Crippen LogP contribution in [-0.4, -0.2) is 28.4 Å². The summed E-state index contributed by atoms with van der Waals surface area (Å²) >= 11 is 4.69. The van der Waals surface area contributed by atoms with Gasteiger partial charge < -0.3 is 9.84 Å². The van der Waals surface area contributed by atoms with Crippen LogP contribution in [0.25, 0.3) is 16.0 Å². The van der Waals surface area contributed by atoms with Gasteiger partial charge in [0.05, 0.1) is 28.4 Å². The summed E-state index contributed by atoms with van der Waals surface area (Å²) in [5.41, 5.74) is 1.41. The number of Topliss-reactive ketones (excluding diaryl/α,β-unsaturated/α-hetero) is 1. The molecule has 6 nitrogen and oxygen atoms in total. The number of hydrogen-bond acceptors (Lipinski definition) is 6. The van der Waals surface area contributed by atoms with Crippen LogP contribution in [0, 0.1) is 5.82 Å². The molecule has 4 aromatic rings. The Morgan fingerprint density at radius 2 is 1.91 bits per heavy atom. The van der Waals surface area contributed by atoms with E-state index in [4.69, 9.17) is 4.74 Å². The third kappa shape index (κ3) is 4.21. The summed E-state index contributed by atoms with van der Waals surface area (Å²) in [6.45, 7) is 2.40. The number of halogens is 2. The van der Waals surface area contributed by atoms with Crippen LogP contribution in [0.1, 0.15) is 24.1 Å². The minimum absolute atomic E-state index is 0.0889. The number of aliphatic hydroxyl groups excluding tert-OH is 1. The van der Waals surface area contributed by atoms with Crippen LogP contribution in [-0.2, 0) is 9.59 Å². The number of carbonyl (C=O) groups is 2. The molecule has 1 saturated heterocycles. The first-order valence-electron chi connectivity index (χ1n) is 10.7. The number of fused-ring (bicyclic) bond motifs is 1. The van der Waals surface area contributed by atoms with Crippen molar-refractivity contribution in [2.75, 3.05) is 11.5 Å². The summed E-state index contributed by atoms with van der Waals surface area (Å²) in [4.78, 5) is 32.5. The largest absolute Gasteiger partial charge is 0.507 e. The van der Waals surface area contributed by atoms with Gasteiger partial charge >= 0.3 is 5.91 Å². The maximum atomic E-state index is 13.5. The average Bonchev–Trinajstić information content (AvgIpc) is 3.37. The van der Waals surface area contributed by atoms with Crippen LogP contribution in [0.2, 0.25) is 0 Å². The van der Waals surface area contributed by atoms with E-state index in [-0.39, 0.29) is 16.9 Å². The first-order valence-corrected chi connectivity index (χ1v) is 12.3. The summed E-state index contributed by atoms with van der Waals surface area (Å²) in [5, 5.41) is 11.4. The number of aromatic nitrogens is 1. The quantitative estimate of drug-likeness (QED) is 0.180. The molecule has 1 aromatic heterocycles. The smallest absolute Gasteiger partial charge is 0.301 e. The second-order valence-corrected chi connectivity index (χ2v) is 9.71. The van der Waals surface area contributed by atoms with Gasteiger partial charge in [-0.05, 0) is 67.1 Å². The van der Waals surface area contributed by atoms with Gasteiger partial charge in [0.1, 0.15) is 17.3 Å². The van der Waals surface area contributed by atoms with Crippen molar-refractivity contribution in [1.29, 1.82) is 0 Å². The van der Waals surface area contributed by atoms with Crippen molar-refractivity contribution >= 4 is 60.1 Å². The highest BCUT2D eigenvalue weighted by molar-refractivity contribution is 9.10. The molecule has 1 aliphatic rings. The number of aliphatic hydroxyl groups is 1. The molecule has 0 bridgehead atoms. The Morgan fingerprint density at radius 1 is 1.14 bits per heavy atom. The first-order chi connectivity index (χ1) is 16.9. The maximum absolute atomic E-state index is 13.5. The lowest BCUT2D eigenvalue weighted by Gasteiger charge is -2.23. The maximum Gasteiger partial charge on any atom is 0.301 e. The second kappa shape index (κ2) is 9.24.